The average Bonchev–Trinajstić information content (AvgIpc) is 2.53. The van der Waals surface area contributed by atoms with Gasteiger partial charge in [0, 0.05) is 23.7 Å². The zero-order valence-electron chi connectivity index (χ0n) is 12.2. The van der Waals surface area contributed by atoms with Crippen molar-refractivity contribution in [1.29, 1.82) is 0 Å². The Bertz CT molecular complexity index is 865. The van der Waals surface area contributed by atoms with E-state index in [0.29, 0.717) is 29.1 Å². The van der Waals surface area contributed by atoms with E-state index in [1.807, 2.05) is 0 Å². The molecule has 0 saturated carbocycles. The second kappa shape index (κ2) is 6.31. The third-order valence-corrected chi connectivity index (χ3v) is 5.46. The fourth-order valence-electron chi connectivity index (χ4n) is 2.42. The average molecular weight is 351 g/mol. The van der Waals surface area contributed by atoms with Gasteiger partial charge in [0.25, 0.3) is 0 Å². The fraction of sp³-hybridized carbons (Fsp3) is 0.188. The molecule has 0 aliphatic carbocycles. The van der Waals surface area contributed by atoms with Gasteiger partial charge in [0.05, 0.1) is 4.90 Å². The van der Waals surface area contributed by atoms with E-state index in [2.05, 4.69) is 10.0 Å². The van der Waals surface area contributed by atoms with Gasteiger partial charge >= 0.3 is 0 Å². The minimum Gasteiger partial charge on any atom is -0.326 e. The molecule has 3 rings (SSSR count). The molecular weight excluding hydrogens is 336 g/mol. The van der Waals surface area contributed by atoms with Gasteiger partial charge in [0.2, 0.25) is 15.9 Å². The zero-order chi connectivity index (χ0) is 16.4. The summed E-state index contributed by atoms with van der Waals surface area (Å²) in [6, 6.07) is 11.8. The van der Waals surface area contributed by atoms with Crippen LogP contribution in [-0.2, 0) is 27.8 Å². The highest BCUT2D eigenvalue weighted by atomic mass is 35.5. The first-order valence-electron chi connectivity index (χ1n) is 7.11. The van der Waals surface area contributed by atoms with Crippen LogP contribution in [0.25, 0.3) is 0 Å². The third kappa shape index (κ3) is 3.55. The van der Waals surface area contributed by atoms with Crippen LogP contribution >= 0.6 is 11.6 Å². The molecule has 0 unspecified atom stereocenters. The number of hydrogen-bond acceptors (Lipinski definition) is 3. The molecule has 2 aromatic carbocycles. The maximum Gasteiger partial charge on any atom is 0.240 e. The van der Waals surface area contributed by atoms with Gasteiger partial charge in [-0.15, -0.1) is 0 Å². The number of benzene rings is 2. The minimum atomic E-state index is -3.64. The summed E-state index contributed by atoms with van der Waals surface area (Å²) in [4.78, 5) is 11.5. The van der Waals surface area contributed by atoms with Crippen molar-refractivity contribution >= 4 is 33.2 Å². The van der Waals surface area contributed by atoms with E-state index in [9.17, 15) is 13.2 Å². The quantitative estimate of drug-likeness (QED) is 0.890. The van der Waals surface area contributed by atoms with Gasteiger partial charge in [-0.1, -0.05) is 29.8 Å². The molecule has 5 nitrogen and oxygen atoms in total. The van der Waals surface area contributed by atoms with E-state index in [1.54, 1.807) is 36.4 Å². The summed E-state index contributed by atoms with van der Waals surface area (Å²) in [7, 11) is -3.64. The first kappa shape index (κ1) is 16.0. The van der Waals surface area contributed by atoms with Crippen LogP contribution in [0.4, 0.5) is 5.69 Å². The van der Waals surface area contributed by atoms with Crippen molar-refractivity contribution in [2.75, 3.05) is 5.32 Å². The van der Waals surface area contributed by atoms with Gasteiger partial charge in [-0.25, -0.2) is 13.1 Å². The van der Waals surface area contributed by atoms with Crippen molar-refractivity contribution in [2.45, 2.75) is 24.3 Å². The zero-order valence-corrected chi connectivity index (χ0v) is 13.7. The maximum atomic E-state index is 12.4. The number of aryl methyl sites for hydroxylation is 1. The number of sulfonamides is 1. The monoisotopic (exact) mass is 350 g/mol. The number of halogens is 1. The lowest BCUT2D eigenvalue weighted by Gasteiger charge is -2.17. The number of fused-ring (bicyclic) bond motifs is 1. The lowest BCUT2D eigenvalue weighted by atomic mass is 10.0. The Morgan fingerprint density at radius 1 is 1.13 bits per heavy atom. The van der Waals surface area contributed by atoms with Crippen LogP contribution in [0.1, 0.15) is 17.5 Å². The molecule has 0 radical (unpaired) electrons. The van der Waals surface area contributed by atoms with Gasteiger partial charge in [-0.3, -0.25) is 4.79 Å². The van der Waals surface area contributed by atoms with Gasteiger partial charge in [-0.2, -0.15) is 0 Å². The second-order valence-electron chi connectivity index (χ2n) is 5.28. The number of rotatable bonds is 4. The summed E-state index contributed by atoms with van der Waals surface area (Å²) in [5.74, 6) is -0.0510. The molecule has 2 N–H and O–H groups in total. The van der Waals surface area contributed by atoms with Gasteiger partial charge in [0.15, 0.2) is 0 Å². The number of carbonyl (C=O) groups excluding carboxylic acids is 1. The summed E-state index contributed by atoms with van der Waals surface area (Å²) in [5, 5.41) is 3.25. The van der Waals surface area contributed by atoms with Crippen molar-refractivity contribution in [3.8, 4) is 0 Å². The van der Waals surface area contributed by atoms with Crippen molar-refractivity contribution < 1.29 is 13.2 Å². The Morgan fingerprint density at radius 3 is 2.70 bits per heavy atom. The largest absolute Gasteiger partial charge is 0.326 e. The van der Waals surface area contributed by atoms with E-state index >= 15 is 0 Å². The third-order valence-electron chi connectivity index (χ3n) is 3.69. The molecule has 2 aromatic rings. The summed E-state index contributed by atoms with van der Waals surface area (Å²) in [5.41, 5.74) is 2.21. The Kier molecular flexibility index (Phi) is 4.39. The summed E-state index contributed by atoms with van der Waals surface area (Å²) >= 11 is 6.03. The molecule has 0 saturated heterocycles. The van der Waals surface area contributed by atoms with E-state index in [4.69, 9.17) is 11.6 Å². The lowest BCUT2D eigenvalue weighted by Crippen LogP contribution is -2.24. The van der Waals surface area contributed by atoms with Crippen molar-refractivity contribution in [3.05, 3.63) is 58.6 Å². The molecule has 1 amide bonds. The van der Waals surface area contributed by atoms with Gasteiger partial charge in [-0.05, 0) is 41.8 Å². The Balaban J connectivity index is 1.80. The molecule has 1 heterocycles. The topological polar surface area (TPSA) is 75.3 Å². The molecule has 7 heteroatoms. The van der Waals surface area contributed by atoms with E-state index in [0.717, 1.165) is 5.56 Å². The predicted octanol–water partition coefficient (Wildman–Crippen LogP) is 2.70. The van der Waals surface area contributed by atoms with Crippen LogP contribution in [0.3, 0.4) is 0 Å². The van der Waals surface area contributed by atoms with Crippen molar-refractivity contribution in [2.24, 2.45) is 0 Å². The smallest absolute Gasteiger partial charge is 0.240 e. The van der Waals surface area contributed by atoms with Crippen LogP contribution in [0.2, 0.25) is 5.02 Å². The SMILES string of the molecule is O=C1CCc2cc(S(=O)(=O)NCc3ccccc3Cl)ccc2N1. The van der Waals surface area contributed by atoms with Crippen LogP contribution in [-0.4, -0.2) is 14.3 Å². The van der Waals surface area contributed by atoms with Crippen molar-refractivity contribution in [1.82, 2.24) is 4.72 Å². The molecule has 23 heavy (non-hydrogen) atoms. The first-order chi connectivity index (χ1) is 11.0. The maximum absolute atomic E-state index is 12.4. The molecule has 0 aromatic heterocycles. The van der Waals surface area contributed by atoms with E-state index in [-0.39, 0.29) is 17.3 Å². The number of nitrogens with one attached hydrogen (secondary N) is 2. The van der Waals surface area contributed by atoms with Crippen LogP contribution < -0.4 is 10.0 Å². The minimum absolute atomic E-state index is 0.0510. The van der Waals surface area contributed by atoms with Crippen LogP contribution in [0.15, 0.2) is 47.4 Å². The summed E-state index contributed by atoms with van der Waals surface area (Å²) in [6.45, 7) is 0.121. The highest BCUT2D eigenvalue weighted by molar-refractivity contribution is 7.89. The molecule has 1 aliphatic heterocycles. The Morgan fingerprint density at radius 2 is 1.91 bits per heavy atom. The van der Waals surface area contributed by atoms with E-state index < -0.39 is 10.0 Å². The number of amides is 1. The highest BCUT2D eigenvalue weighted by Crippen LogP contribution is 2.25. The Hall–Kier alpha value is -1.89. The van der Waals surface area contributed by atoms with Crippen LogP contribution in [0, 0.1) is 0 Å². The predicted molar refractivity (Wildman–Crippen MR) is 88.9 cm³/mol. The summed E-state index contributed by atoms with van der Waals surface area (Å²) in [6.07, 6.45) is 0.901. The number of hydrogen-bond donors (Lipinski definition) is 2. The fourth-order valence-corrected chi connectivity index (χ4v) is 3.68. The molecule has 1 aliphatic rings. The Labute approximate surface area is 139 Å². The van der Waals surface area contributed by atoms with Crippen molar-refractivity contribution in [3.63, 3.8) is 0 Å². The molecule has 0 spiro atoms. The molecule has 0 fully saturated rings. The highest BCUT2D eigenvalue weighted by Gasteiger charge is 2.20. The summed E-state index contributed by atoms with van der Waals surface area (Å²) < 4.78 is 27.4. The first-order valence-corrected chi connectivity index (χ1v) is 8.98. The number of carbonyl (C=O) groups is 1. The normalized spacial score (nSPS) is 14.2. The van der Waals surface area contributed by atoms with Crippen LogP contribution in [0.5, 0.6) is 0 Å². The lowest BCUT2D eigenvalue weighted by molar-refractivity contribution is -0.116. The molecular formula is C16H15ClN2O3S. The molecule has 0 atom stereocenters. The second-order valence-corrected chi connectivity index (χ2v) is 7.46. The molecule has 0 bridgehead atoms. The standard InChI is InChI=1S/C16H15ClN2O3S/c17-14-4-2-1-3-12(14)10-18-23(21,22)13-6-7-15-11(9-13)5-8-16(20)19-15/h1-4,6-7,9,18H,5,8,10H2,(H,19,20). The van der Waals surface area contributed by atoms with E-state index in [1.165, 1.54) is 6.07 Å². The van der Waals surface area contributed by atoms with Gasteiger partial charge in [0.1, 0.15) is 0 Å². The number of anilines is 1. The van der Waals surface area contributed by atoms with Gasteiger partial charge < -0.3 is 5.32 Å². The molecule has 120 valence electrons.